The van der Waals surface area contributed by atoms with Crippen molar-refractivity contribution in [3.05, 3.63) is 171 Å². The zero-order chi connectivity index (χ0) is 58.2. The van der Waals surface area contributed by atoms with Crippen molar-refractivity contribution in [2.24, 2.45) is 8.73 Å². The molecular formula is C62H22N12O2S8. The number of allylic oxidation sites excluding steroid dienone is 6. The smallest absolute Gasteiger partial charge is 0.270 e. The Labute approximate surface area is 507 Å². The lowest BCUT2D eigenvalue weighted by Crippen LogP contribution is -2.13. The number of hydrogen-bond acceptors (Lipinski definition) is 18. The van der Waals surface area contributed by atoms with E-state index in [1.165, 1.54) is 46.7 Å². The van der Waals surface area contributed by atoms with Crippen molar-refractivity contribution in [2.75, 3.05) is 0 Å². The maximum Gasteiger partial charge on any atom is 0.270 e. The van der Waals surface area contributed by atoms with Crippen molar-refractivity contribution in [3.8, 4) is 70.7 Å². The largest absolute Gasteiger partial charge is 0.289 e. The Hall–Kier alpha value is -9.76. The Kier molecular flexibility index (Phi) is 10.9. The van der Waals surface area contributed by atoms with Crippen LogP contribution >= 0.6 is 79.7 Å². The second-order valence-corrected chi connectivity index (χ2v) is 28.3. The normalized spacial score (nSPS) is 16.5. The maximum atomic E-state index is 14.1. The quantitative estimate of drug-likeness (QED) is 0.0928. The van der Waals surface area contributed by atoms with Gasteiger partial charge in [-0.2, -0.15) is 38.5 Å². The molecule has 1 aliphatic heterocycles. The molecule has 15 rings (SSSR count). The van der Waals surface area contributed by atoms with E-state index in [1.54, 1.807) is 68.8 Å². The molecule has 0 bridgehead atoms. The highest BCUT2D eigenvalue weighted by Crippen LogP contribution is 2.64. The van der Waals surface area contributed by atoms with Crippen LogP contribution < -0.4 is 0 Å². The first-order valence-corrected chi connectivity index (χ1v) is 31.3. The van der Waals surface area contributed by atoms with Crippen LogP contribution in [0.15, 0.2) is 79.7 Å². The highest BCUT2D eigenvalue weighted by atomic mass is 32.1. The number of thiophene rings is 6. The summed E-state index contributed by atoms with van der Waals surface area (Å²) in [4.78, 5) is 46.5. The third kappa shape index (κ3) is 6.68. The van der Waals surface area contributed by atoms with Gasteiger partial charge in [0.2, 0.25) is 11.4 Å². The van der Waals surface area contributed by atoms with Crippen LogP contribution in [0.25, 0.3) is 108 Å². The van der Waals surface area contributed by atoms with Gasteiger partial charge in [-0.3, -0.25) is 9.59 Å². The predicted octanol–water partition coefficient (Wildman–Crippen LogP) is 18.4. The number of Topliss-reactive ketones (excluding diaryl/α,β-unsaturated/α-hetero) is 2. The molecule has 0 amide bonds. The standard InChI is InChI=1S/C62H22N12O2S8/c1-61(2)34-12-26(10-32-43(25(20-65)21-66)28-8-23(18-63)37(69-6)15-31(28)54(32)76)77-55(34)59-47(61)57-41(81-59)16-39(79-57)45-49-51(73-83-71-49)46(52-50(45)72-84-74-52)40-17-42-58(80-40)48-60(82-42)56-35(62(48,3)4)13-27(78-56)11-33-44(38(22-67)70-7)29-14-36(68-5)24(19-64)9-30(29)53(33)75/h8-17H,1-4H3/b32-10-,33-11-,44-38+. The molecule has 4 aliphatic carbocycles. The number of fused-ring (bicyclic) bond motifs is 14. The van der Waals surface area contributed by atoms with Crippen molar-refractivity contribution in [1.29, 1.82) is 26.3 Å². The fourth-order valence-corrected chi connectivity index (χ4v) is 22.1. The molecule has 0 fully saturated rings. The average Bonchev–Trinajstić information content (AvgIpc) is 1.66. The summed E-state index contributed by atoms with van der Waals surface area (Å²) in [6.45, 7) is 31.8. The fraction of sp³-hybridized carbons (Fsp3) is 0.0968. The van der Waals surface area contributed by atoms with Crippen molar-refractivity contribution >= 4 is 179 Å². The van der Waals surface area contributed by atoms with Gasteiger partial charge in [0, 0.05) is 94.0 Å². The first-order valence-electron chi connectivity index (χ1n) is 25.0. The van der Waals surface area contributed by atoms with Crippen LogP contribution in [0.1, 0.15) is 103 Å². The topological polar surface area (TPSA) is 217 Å². The Morgan fingerprint density at radius 3 is 1.49 bits per heavy atom. The Morgan fingerprint density at radius 1 is 0.560 bits per heavy atom. The number of aromatic nitrogens is 2. The molecule has 10 aromatic rings. The number of rotatable bonds is 4. The highest BCUT2D eigenvalue weighted by Gasteiger charge is 2.45. The molecule has 8 heterocycles. The van der Waals surface area contributed by atoms with Crippen LogP contribution in [0.5, 0.6) is 0 Å². The van der Waals surface area contributed by atoms with Gasteiger partial charge in [-0.1, -0.05) is 27.7 Å². The lowest BCUT2D eigenvalue weighted by Gasteiger charge is -2.19. The van der Waals surface area contributed by atoms with Crippen molar-refractivity contribution in [3.63, 3.8) is 0 Å². The van der Waals surface area contributed by atoms with Gasteiger partial charge >= 0.3 is 0 Å². The zero-order valence-corrected chi connectivity index (χ0v) is 49.8. The number of hydrogen-bond donors (Lipinski definition) is 0. The number of nitrogens with zero attached hydrogens (tertiary/aromatic N) is 12. The average molecular weight is 1220 g/mol. The molecule has 0 saturated heterocycles. The van der Waals surface area contributed by atoms with E-state index in [-0.39, 0.29) is 67.2 Å². The second kappa shape index (κ2) is 17.9. The van der Waals surface area contributed by atoms with Gasteiger partial charge in [0.15, 0.2) is 11.6 Å². The van der Waals surface area contributed by atoms with Gasteiger partial charge in [-0.05, 0) is 94.1 Å². The monoisotopic (exact) mass is 1220 g/mol. The molecule has 0 atom stereocenters. The van der Waals surface area contributed by atoms with Crippen LogP contribution in [0, 0.1) is 76.4 Å². The van der Waals surface area contributed by atoms with E-state index in [9.17, 15) is 35.9 Å². The molecule has 0 spiro atoms. The van der Waals surface area contributed by atoms with Crippen LogP contribution in [0.2, 0.25) is 0 Å². The van der Waals surface area contributed by atoms with E-state index in [0.717, 1.165) is 126 Å². The van der Waals surface area contributed by atoms with E-state index in [0.29, 0.717) is 11.1 Å². The molecule has 84 heavy (non-hydrogen) atoms. The lowest BCUT2D eigenvalue weighted by molar-refractivity contribution is 0.103. The van der Waals surface area contributed by atoms with E-state index >= 15 is 0 Å². The van der Waals surface area contributed by atoms with Crippen LogP contribution in [-0.2, 0) is 22.2 Å². The molecule has 14 nitrogen and oxygen atoms in total. The molecule has 22 heteroatoms. The molecule has 0 radical (unpaired) electrons. The fourth-order valence-electron chi connectivity index (χ4n) is 12.2. The van der Waals surface area contributed by atoms with Crippen molar-refractivity contribution < 1.29 is 9.59 Å². The van der Waals surface area contributed by atoms with E-state index < -0.39 is 22.4 Å². The number of ketones is 2. The van der Waals surface area contributed by atoms with Gasteiger partial charge in [0.1, 0.15) is 40.1 Å². The molecule has 5 aliphatic rings. The van der Waals surface area contributed by atoms with Crippen molar-refractivity contribution in [1.82, 2.24) is 8.75 Å². The number of carbonyl (C=O) groups is 2. The Morgan fingerprint density at radius 2 is 1.02 bits per heavy atom. The van der Waals surface area contributed by atoms with E-state index in [1.807, 2.05) is 30.3 Å². The molecule has 7 aromatic heterocycles. The minimum Gasteiger partial charge on any atom is -0.289 e. The third-order valence-corrected chi connectivity index (χ3v) is 24.4. The molecule has 3 aromatic carbocycles. The molecule has 390 valence electrons. The van der Waals surface area contributed by atoms with E-state index in [2.05, 4.69) is 66.5 Å². The summed E-state index contributed by atoms with van der Waals surface area (Å²) in [6.07, 6.45) is 3.45. The van der Waals surface area contributed by atoms with Gasteiger partial charge in [0.05, 0.1) is 91.3 Å². The van der Waals surface area contributed by atoms with Gasteiger partial charge < -0.3 is 0 Å². The minimum absolute atomic E-state index is 0.0270. The van der Waals surface area contributed by atoms with Gasteiger partial charge in [-0.25, -0.2) is 19.8 Å². The molecule has 0 saturated carbocycles. The lowest BCUT2D eigenvalue weighted by atomic mass is 9.84. The van der Waals surface area contributed by atoms with Crippen LogP contribution in [0.3, 0.4) is 0 Å². The zero-order valence-electron chi connectivity index (χ0n) is 43.2. The number of benzene rings is 3. The summed E-state index contributed by atoms with van der Waals surface area (Å²) in [7, 11) is 0. The second-order valence-electron chi connectivity index (χ2n) is 20.9. The predicted molar refractivity (Wildman–Crippen MR) is 334 cm³/mol. The first kappa shape index (κ1) is 51.1. The summed E-state index contributed by atoms with van der Waals surface area (Å²) < 4.78 is 24.4. The third-order valence-electron chi connectivity index (χ3n) is 16.0. The summed E-state index contributed by atoms with van der Waals surface area (Å²) in [5.74, 6) is -0.829. The summed E-state index contributed by atoms with van der Waals surface area (Å²) in [5, 5.41) is 49.6. The summed E-state index contributed by atoms with van der Waals surface area (Å²) in [5.41, 5.74) is 9.83. The number of nitriles is 5. The SMILES string of the molecule is [C-]#[N+]/C(C#N)=C1/C(=C/c2cc3c(s2)-c2sc4cc(-c5c6c(c(-c7cc8sc9c(c8s7)C(C)(C)c7cc(/C=C8\C(=O)c%10cc([N+]#[C-])c(C#N)cc%10C8=C(C#N)C#N)sc7-9)c7nsnc57)N=S=N6)sc4c2C3(C)C)C(=O)c2cc(C#N)c([N+]#[C-])cc21. The first-order chi connectivity index (χ1) is 40.6. The highest BCUT2D eigenvalue weighted by molar-refractivity contribution is 7.58. The molecule has 0 unspecified atom stereocenters. The van der Waals surface area contributed by atoms with Gasteiger partial charge in [0.25, 0.3) is 5.70 Å². The van der Waals surface area contributed by atoms with E-state index in [4.69, 9.17) is 37.2 Å². The van der Waals surface area contributed by atoms with Crippen LogP contribution in [0.4, 0.5) is 22.7 Å². The maximum absolute atomic E-state index is 14.1. The van der Waals surface area contributed by atoms with Crippen LogP contribution in [-0.4, -0.2) is 20.3 Å². The van der Waals surface area contributed by atoms with Gasteiger partial charge in [-0.15, -0.1) is 68.0 Å². The minimum atomic E-state index is -0.440. The summed E-state index contributed by atoms with van der Waals surface area (Å²) >= 11 is 12.2. The molecule has 0 N–H and O–H groups in total. The number of carbonyl (C=O) groups excluding carboxylic acids is 2. The Balaban J connectivity index is 0.778. The van der Waals surface area contributed by atoms with Crippen molar-refractivity contribution in [2.45, 2.75) is 38.5 Å². The summed E-state index contributed by atoms with van der Waals surface area (Å²) in [6, 6.07) is 24.0. The Bertz CT molecular complexity index is 5210. The molecular weight excluding hydrogens is 1200 g/mol.